The van der Waals surface area contributed by atoms with Gasteiger partial charge < -0.3 is 9.31 Å². The molecule has 0 aromatic heterocycles. The van der Waals surface area contributed by atoms with Crippen molar-refractivity contribution in [3.05, 3.63) is 70.8 Å². The van der Waals surface area contributed by atoms with Crippen molar-refractivity contribution in [2.75, 3.05) is 0 Å². The van der Waals surface area contributed by atoms with Crippen LogP contribution in [0.25, 0.3) is 11.5 Å². The molecule has 1 fully saturated rings. The fourth-order valence-corrected chi connectivity index (χ4v) is 4.75. The van der Waals surface area contributed by atoms with Gasteiger partial charge in [-0.25, -0.2) is 0 Å². The van der Waals surface area contributed by atoms with Crippen molar-refractivity contribution < 1.29 is 9.31 Å². The minimum Gasteiger partial charge on any atom is -0.399 e. The summed E-state index contributed by atoms with van der Waals surface area (Å²) in [6.45, 7) is 18.0. The Hall–Kier alpha value is -1.84. The zero-order valence-corrected chi connectivity index (χ0v) is 20.5. The minimum atomic E-state index is -0.400. The molecule has 0 unspecified atom stereocenters. The van der Waals surface area contributed by atoms with Crippen LogP contribution >= 0.6 is 0 Å². The van der Waals surface area contributed by atoms with E-state index in [4.69, 9.17) is 9.31 Å². The highest BCUT2D eigenvalue weighted by Crippen LogP contribution is 2.47. The summed E-state index contributed by atoms with van der Waals surface area (Å²) < 4.78 is 13.0. The summed E-state index contributed by atoms with van der Waals surface area (Å²) in [5.41, 5.74) is 5.98. The molecule has 1 aliphatic heterocycles. The maximum Gasteiger partial charge on any atom is 0.495 e. The molecule has 4 rings (SSSR count). The van der Waals surface area contributed by atoms with E-state index in [-0.39, 0.29) is 22.0 Å². The van der Waals surface area contributed by atoms with Gasteiger partial charge in [0, 0.05) is 0 Å². The lowest BCUT2D eigenvalue weighted by Crippen LogP contribution is -2.41. The van der Waals surface area contributed by atoms with E-state index < -0.39 is 7.12 Å². The molecule has 1 saturated heterocycles. The first-order valence-corrected chi connectivity index (χ1v) is 11.6. The first-order chi connectivity index (χ1) is 14.3. The number of fused-ring (bicyclic) bond motifs is 1. The quantitative estimate of drug-likeness (QED) is 0.389. The van der Waals surface area contributed by atoms with Gasteiger partial charge in [0.15, 0.2) is 0 Å². The number of rotatable bonds is 3. The van der Waals surface area contributed by atoms with E-state index in [2.05, 4.69) is 110 Å². The average Bonchev–Trinajstić information content (AvgIpc) is 2.91. The fraction of sp³-hybridized carbons (Fsp3) is 0.500. The van der Waals surface area contributed by atoms with Crippen LogP contribution in [0.2, 0.25) is 0 Å². The van der Waals surface area contributed by atoms with Crippen molar-refractivity contribution in [2.24, 2.45) is 0 Å². The van der Waals surface area contributed by atoms with Crippen LogP contribution in [0, 0.1) is 0 Å². The van der Waals surface area contributed by atoms with Crippen molar-refractivity contribution >= 4 is 18.7 Å². The summed E-state index contributed by atoms with van der Waals surface area (Å²) in [5.74, 6) is 0. The second-order valence-electron chi connectivity index (χ2n) is 11.6. The van der Waals surface area contributed by atoms with Crippen molar-refractivity contribution in [2.45, 2.75) is 90.3 Å². The second-order valence-corrected chi connectivity index (χ2v) is 11.6. The summed E-state index contributed by atoms with van der Waals surface area (Å²) in [6.07, 6.45) is 4.64. The zero-order chi connectivity index (χ0) is 22.7. The molecule has 0 amide bonds. The van der Waals surface area contributed by atoms with E-state index in [1.807, 2.05) is 0 Å². The molecule has 164 valence electrons. The molecule has 2 aromatic carbocycles. The highest BCUT2D eigenvalue weighted by atomic mass is 16.7. The van der Waals surface area contributed by atoms with Crippen LogP contribution in [-0.4, -0.2) is 18.3 Å². The first-order valence-electron chi connectivity index (χ1n) is 11.6. The highest BCUT2D eigenvalue weighted by molar-refractivity contribution is 6.70. The Bertz CT molecular complexity index is 983. The summed E-state index contributed by atoms with van der Waals surface area (Å²) in [6, 6.07) is 17.5. The summed E-state index contributed by atoms with van der Waals surface area (Å²) in [4.78, 5) is 0. The maximum atomic E-state index is 6.50. The second kappa shape index (κ2) is 7.35. The monoisotopic (exact) mass is 416 g/mol. The van der Waals surface area contributed by atoms with Gasteiger partial charge in [-0.1, -0.05) is 82.3 Å². The zero-order valence-electron chi connectivity index (χ0n) is 20.5. The third-order valence-electron chi connectivity index (χ3n) is 7.82. The van der Waals surface area contributed by atoms with Crippen LogP contribution in [0.4, 0.5) is 0 Å². The number of hydrogen-bond donors (Lipinski definition) is 0. The van der Waals surface area contributed by atoms with Crippen molar-refractivity contribution in [3.63, 3.8) is 0 Å². The average molecular weight is 416 g/mol. The molecule has 1 heterocycles. The van der Waals surface area contributed by atoms with Crippen LogP contribution < -0.4 is 0 Å². The number of hydrogen-bond acceptors (Lipinski definition) is 2. The molecule has 0 spiro atoms. The molecular formula is C28H37BO2. The van der Waals surface area contributed by atoms with Crippen LogP contribution in [0.1, 0.15) is 90.5 Å². The van der Waals surface area contributed by atoms with Crippen molar-refractivity contribution in [3.8, 4) is 0 Å². The van der Waals surface area contributed by atoms with E-state index in [9.17, 15) is 0 Å². The van der Waals surface area contributed by atoms with E-state index in [1.54, 1.807) is 0 Å². The van der Waals surface area contributed by atoms with Gasteiger partial charge in [-0.05, 0) is 79.1 Å². The first kappa shape index (κ1) is 22.4. The molecule has 0 saturated carbocycles. The predicted molar refractivity (Wildman–Crippen MR) is 132 cm³/mol. The lowest BCUT2D eigenvalue weighted by molar-refractivity contribution is 0.00578. The molecule has 1 aliphatic carbocycles. The Balaban J connectivity index is 1.85. The Morgan fingerprint density at radius 2 is 1.29 bits per heavy atom. The third-order valence-corrected chi connectivity index (χ3v) is 7.82. The SMILES string of the molecule is CC1(C)CCC(C)(C)c2cc(/C(=C/c3ccccc3)B3OC(C)(C)C(C)(C)O3)ccc21. The van der Waals surface area contributed by atoms with E-state index in [0.29, 0.717) is 0 Å². The van der Waals surface area contributed by atoms with Crippen LogP contribution in [-0.2, 0) is 20.1 Å². The van der Waals surface area contributed by atoms with Crippen molar-refractivity contribution in [1.82, 2.24) is 0 Å². The smallest absolute Gasteiger partial charge is 0.399 e. The van der Waals surface area contributed by atoms with Gasteiger partial charge in [-0.15, -0.1) is 0 Å². The minimum absolute atomic E-state index is 0.161. The lowest BCUT2D eigenvalue weighted by atomic mass is 9.62. The van der Waals surface area contributed by atoms with E-state index in [1.165, 1.54) is 29.5 Å². The van der Waals surface area contributed by atoms with E-state index in [0.717, 1.165) is 11.0 Å². The summed E-state index contributed by atoms with van der Waals surface area (Å²) in [7, 11) is -0.400. The van der Waals surface area contributed by atoms with E-state index >= 15 is 0 Å². The molecule has 2 aromatic rings. The van der Waals surface area contributed by atoms with Gasteiger partial charge in [0.25, 0.3) is 0 Å². The van der Waals surface area contributed by atoms with Crippen LogP contribution in [0.5, 0.6) is 0 Å². The van der Waals surface area contributed by atoms with Gasteiger partial charge in [0.2, 0.25) is 0 Å². The van der Waals surface area contributed by atoms with Gasteiger partial charge in [0.1, 0.15) is 0 Å². The number of benzene rings is 2. The highest BCUT2D eigenvalue weighted by Gasteiger charge is 2.52. The van der Waals surface area contributed by atoms with Gasteiger partial charge in [-0.3, -0.25) is 0 Å². The molecule has 31 heavy (non-hydrogen) atoms. The third kappa shape index (κ3) is 4.03. The Kier molecular flexibility index (Phi) is 5.30. The standard InChI is InChI=1S/C28H37BO2/c1-25(2)16-17-26(3,4)23-19-21(14-15-22(23)25)24(18-20-12-10-9-11-13-20)29-30-27(5,6)28(7,8)31-29/h9-15,18-19H,16-17H2,1-8H3/b24-18-. The molecule has 0 N–H and O–H groups in total. The molecule has 0 atom stereocenters. The topological polar surface area (TPSA) is 18.5 Å². The normalized spacial score (nSPS) is 23.5. The summed E-state index contributed by atoms with van der Waals surface area (Å²) >= 11 is 0. The molecule has 3 heteroatoms. The molecule has 0 bridgehead atoms. The fourth-order valence-electron chi connectivity index (χ4n) is 4.75. The molecule has 2 nitrogen and oxygen atoms in total. The van der Waals surface area contributed by atoms with Gasteiger partial charge >= 0.3 is 7.12 Å². The van der Waals surface area contributed by atoms with Gasteiger partial charge in [0.05, 0.1) is 11.2 Å². The maximum absolute atomic E-state index is 6.50. The van der Waals surface area contributed by atoms with Crippen LogP contribution in [0.15, 0.2) is 48.5 Å². The largest absolute Gasteiger partial charge is 0.495 e. The lowest BCUT2D eigenvalue weighted by Gasteiger charge is -2.42. The van der Waals surface area contributed by atoms with Gasteiger partial charge in [-0.2, -0.15) is 0 Å². The van der Waals surface area contributed by atoms with Crippen molar-refractivity contribution in [1.29, 1.82) is 0 Å². The Morgan fingerprint density at radius 1 is 0.742 bits per heavy atom. The van der Waals surface area contributed by atoms with Crippen LogP contribution in [0.3, 0.4) is 0 Å². The Morgan fingerprint density at radius 3 is 1.87 bits per heavy atom. The molecular weight excluding hydrogens is 379 g/mol. The summed E-state index contributed by atoms with van der Waals surface area (Å²) in [5, 5.41) is 0. The molecule has 0 radical (unpaired) electrons. The predicted octanol–water partition coefficient (Wildman–Crippen LogP) is 7.21. The Labute approximate surface area is 189 Å². The molecule has 2 aliphatic rings.